The lowest BCUT2D eigenvalue weighted by Gasteiger charge is -2.14. The topological polar surface area (TPSA) is 72.8 Å². The quantitative estimate of drug-likeness (QED) is 0.293. The first-order valence-electron chi connectivity index (χ1n) is 12.0. The maximum Gasteiger partial charge on any atom is 0.279 e. The van der Waals surface area contributed by atoms with Crippen molar-refractivity contribution in [2.75, 3.05) is 0 Å². The number of aromatic nitrogens is 4. The molecule has 6 heteroatoms. The van der Waals surface area contributed by atoms with Crippen molar-refractivity contribution in [2.24, 2.45) is 0 Å². The molecule has 5 aromatic rings. The highest BCUT2D eigenvalue weighted by molar-refractivity contribution is 5.72. The Morgan fingerprint density at radius 3 is 2.31 bits per heavy atom. The lowest BCUT2D eigenvalue weighted by molar-refractivity contribution is 0.306. The summed E-state index contributed by atoms with van der Waals surface area (Å²) in [5, 5.41) is 0. The van der Waals surface area contributed by atoms with Gasteiger partial charge in [0.05, 0.1) is 6.33 Å². The van der Waals surface area contributed by atoms with Crippen molar-refractivity contribution in [3.8, 4) is 17.1 Å². The van der Waals surface area contributed by atoms with E-state index >= 15 is 0 Å². The maximum absolute atomic E-state index is 12.7. The Kier molecular flexibility index (Phi) is 6.70. The third kappa shape index (κ3) is 5.32. The van der Waals surface area contributed by atoms with Gasteiger partial charge in [-0.25, -0.2) is 9.97 Å². The highest BCUT2D eigenvalue weighted by Gasteiger charge is 2.15. The lowest BCUT2D eigenvalue weighted by atomic mass is 10.1. The van der Waals surface area contributed by atoms with Crippen LogP contribution in [0.2, 0.25) is 0 Å². The van der Waals surface area contributed by atoms with Crippen LogP contribution in [-0.4, -0.2) is 19.5 Å². The van der Waals surface area contributed by atoms with E-state index in [1.54, 1.807) is 6.33 Å². The number of hydrogen-bond acceptors (Lipinski definition) is 4. The van der Waals surface area contributed by atoms with Gasteiger partial charge in [0.1, 0.15) is 18.2 Å². The number of aryl methyl sites for hydroxylation is 1. The van der Waals surface area contributed by atoms with Crippen LogP contribution in [0.1, 0.15) is 36.9 Å². The molecular formula is C29H28N4O2. The first-order chi connectivity index (χ1) is 17.2. The van der Waals surface area contributed by atoms with Gasteiger partial charge in [-0.1, -0.05) is 60.7 Å². The van der Waals surface area contributed by atoms with Crippen molar-refractivity contribution in [1.29, 1.82) is 0 Å². The molecule has 0 bridgehead atoms. The summed E-state index contributed by atoms with van der Waals surface area (Å²) in [5.41, 5.74) is 4.01. The second-order valence-corrected chi connectivity index (χ2v) is 8.76. The molecular weight excluding hydrogens is 436 g/mol. The fourth-order valence-corrected chi connectivity index (χ4v) is 4.22. The van der Waals surface area contributed by atoms with Crippen LogP contribution in [0.4, 0.5) is 0 Å². The number of H-pyrrole nitrogens is 1. The monoisotopic (exact) mass is 464 g/mol. The van der Waals surface area contributed by atoms with E-state index in [0.717, 1.165) is 36.1 Å². The Bertz CT molecular complexity index is 1440. The van der Waals surface area contributed by atoms with Gasteiger partial charge in [0.25, 0.3) is 5.56 Å². The zero-order chi connectivity index (χ0) is 24.0. The van der Waals surface area contributed by atoms with Crippen molar-refractivity contribution in [1.82, 2.24) is 19.5 Å². The Morgan fingerprint density at radius 1 is 0.914 bits per heavy atom. The average molecular weight is 465 g/mol. The van der Waals surface area contributed by atoms with Crippen LogP contribution in [0.15, 0.2) is 96.1 Å². The molecule has 0 saturated heterocycles. The smallest absolute Gasteiger partial charge is 0.279 e. The van der Waals surface area contributed by atoms with Crippen LogP contribution in [0.3, 0.4) is 0 Å². The lowest BCUT2D eigenvalue weighted by Crippen LogP contribution is -2.12. The van der Waals surface area contributed by atoms with Crippen molar-refractivity contribution in [2.45, 2.75) is 38.8 Å². The summed E-state index contributed by atoms with van der Waals surface area (Å²) < 4.78 is 7.89. The van der Waals surface area contributed by atoms with E-state index in [-0.39, 0.29) is 11.6 Å². The number of imidazole rings is 1. The van der Waals surface area contributed by atoms with Crippen LogP contribution in [0.5, 0.6) is 5.75 Å². The fourth-order valence-electron chi connectivity index (χ4n) is 4.22. The van der Waals surface area contributed by atoms with Crippen LogP contribution in [0.25, 0.3) is 22.6 Å². The van der Waals surface area contributed by atoms with Gasteiger partial charge in [-0.3, -0.25) is 4.79 Å². The Hall–Kier alpha value is -4.19. The predicted octanol–water partition coefficient (Wildman–Crippen LogP) is 5.95. The molecule has 35 heavy (non-hydrogen) atoms. The molecule has 6 nitrogen and oxygen atoms in total. The number of nitrogens with zero attached hydrogens (tertiary/aromatic N) is 3. The van der Waals surface area contributed by atoms with Gasteiger partial charge < -0.3 is 14.3 Å². The molecule has 0 aliphatic rings. The molecule has 0 aliphatic heterocycles. The molecule has 0 spiro atoms. The van der Waals surface area contributed by atoms with Gasteiger partial charge in [-0.15, -0.1) is 0 Å². The molecule has 0 fully saturated rings. The van der Waals surface area contributed by atoms with E-state index in [0.29, 0.717) is 23.6 Å². The number of hydrogen-bond donors (Lipinski definition) is 1. The molecule has 1 atom stereocenters. The van der Waals surface area contributed by atoms with Crippen LogP contribution >= 0.6 is 0 Å². The average Bonchev–Trinajstić information content (AvgIpc) is 3.34. The van der Waals surface area contributed by atoms with Gasteiger partial charge in [-0.2, -0.15) is 0 Å². The molecule has 2 aromatic heterocycles. The number of rotatable bonds is 9. The summed E-state index contributed by atoms with van der Waals surface area (Å²) in [6, 6.07) is 28.3. The van der Waals surface area contributed by atoms with E-state index in [1.165, 1.54) is 5.56 Å². The van der Waals surface area contributed by atoms with Crippen molar-refractivity contribution < 1.29 is 4.74 Å². The molecule has 0 aliphatic carbocycles. The Morgan fingerprint density at radius 2 is 1.60 bits per heavy atom. The molecule has 1 unspecified atom stereocenters. The molecule has 5 rings (SSSR count). The molecule has 3 aromatic carbocycles. The van der Waals surface area contributed by atoms with E-state index in [2.05, 4.69) is 41.2 Å². The molecule has 0 amide bonds. The van der Waals surface area contributed by atoms with E-state index < -0.39 is 0 Å². The van der Waals surface area contributed by atoms with E-state index in [4.69, 9.17) is 9.72 Å². The highest BCUT2D eigenvalue weighted by Crippen LogP contribution is 2.23. The molecule has 0 radical (unpaired) electrons. The summed E-state index contributed by atoms with van der Waals surface area (Å²) in [4.78, 5) is 24.7. The SMILES string of the molecule is CC(CCCc1ccccc1)n1cnc2c(=O)[nH]c(-c3ccc(OCc4ccccc4)cc3)nc21. The fraction of sp³-hybridized carbons (Fsp3) is 0.207. The number of aromatic amines is 1. The summed E-state index contributed by atoms with van der Waals surface area (Å²) in [6.45, 7) is 2.65. The van der Waals surface area contributed by atoms with Crippen LogP contribution in [0, 0.1) is 0 Å². The summed E-state index contributed by atoms with van der Waals surface area (Å²) in [6.07, 6.45) is 4.77. The second-order valence-electron chi connectivity index (χ2n) is 8.76. The van der Waals surface area contributed by atoms with Crippen LogP contribution in [-0.2, 0) is 13.0 Å². The first kappa shape index (κ1) is 22.6. The number of fused-ring (bicyclic) bond motifs is 1. The third-order valence-corrected chi connectivity index (χ3v) is 6.21. The van der Waals surface area contributed by atoms with Crippen molar-refractivity contribution in [3.63, 3.8) is 0 Å². The highest BCUT2D eigenvalue weighted by atomic mass is 16.5. The standard InChI is InChI=1S/C29H28N4O2/c1-21(9-8-14-22-10-4-2-5-11-22)33-20-30-26-28(33)31-27(32-29(26)34)24-15-17-25(18-16-24)35-19-23-12-6-3-7-13-23/h2-7,10-13,15-18,20-21H,8-9,14,19H2,1H3,(H,31,32,34). The van der Waals surface area contributed by atoms with Gasteiger partial charge in [0.15, 0.2) is 11.2 Å². The Labute approximate surface area is 204 Å². The number of ether oxygens (including phenoxy) is 1. The Balaban J connectivity index is 1.31. The van der Waals surface area contributed by atoms with E-state index in [1.807, 2.05) is 65.2 Å². The molecule has 2 heterocycles. The number of benzene rings is 3. The minimum absolute atomic E-state index is 0.180. The summed E-state index contributed by atoms with van der Waals surface area (Å²) in [5.74, 6) is 1.29. The first-order valence-corrected chi connectivity index (χ1v) is 12.0. The normalized spacial score (nSPS) is 12.0. The molecule has 0 saturated carbocycles. The minimum atomic E-state index is -0.232. The predicted molar refractivity (Wildman–Crippen MR) is 138 cm³/mol. The zero-order valence-electron chi connectivity index (χ0n) is 19.7. The molecule has 1 N–H and O–H groups in total. The van der Waals surface area contributed by atoms with Crippen molar-refractivity contribution >= 4 is 11.2 Å². The maximum atomic E-state index is 12.7. The number of nitrogens with one attached hydrogen (secondary N) is 1. The summed E-state index contributed by atoms with van der Waals surface area (Å²) in [7, 11) is 0. The van der Waals surface area contributed by atoms with Gasteiger partial charge >= 0.3 is 0 Å². The molecule has 176 valence electrons. The second kappa shape index (κ2) is 10.4. The van der Waals surface area contributed by atoms with Gasteiger partial charge in [0.2, 0.25) is 0 Å². The van der Waals surface area contributed by atoms with E-state index in [9.17, 15) is 4.79 Å². The summed E-state index contributed by atoms with van der Waals surface area (Å²) >= 11 is 0. The third-order valence-electron chi connectivity index (χ3n) is 6.21. The largest absolute Gasteiger partial charge is 0.489 e. The zero-order valence-corrected chi connectivity index (χ0v) is 19.7. The van der Waals surface area contributed by atoms with Gasteiger partial charge in [0, 0.05) is 11.6 Å². The van der Waals surface area contributed by atoms with Crippen LogP contribution < -0.4 is 10.3 Å². The van der Waals surface area contributed by atoms with Crippen molar-refractivity contribution in [3.05, 3.63) is 113 Å². The van der Waals surface area contributed by atoms with Gasteiger partial charge in [-0.05, 0) is 61.6 Å². The minimum Gasteiger partial charge on any atom is -0.489 e.